The minimum absolute atomic E-state index is 0.0456. The van der Waals surface area contributed by atoms with Gasteiger partial charge in [0, 0.05) is 30.1 Å². The molecule has 1 amide bonds. The Kier molecular flexibility index (Phi) is 3.40. The molecule has 1 aromatic heterocycles. The lowest BCUT2D eigenvalue weighted by Crippen LogP contribution is -2.25. The summed E-state index contributed by atoms with van der Waals surface area (Å²) in [4.78, 5) is 14.3. The maximum Gasteiger partial charge on any atom is 0.254 e. The van der Waals surface area contributed by atoms with Crippen molar-refractivity contribution in [2.45, 2.75) is 6.54 Å². The number of rotatable bonds is 3. The van der Waals surface area contributed by atoms with Crippen LogP contribution in [0.1, 0.15) is 15.9 Å². The van der Waals surface area contributed by atoms with Crippen LogP contribution >= 0.6 is 0 Å². The van der Waals surface area contributed by atoms with Crippen LogP contribution < -0.4 is 0 Å². The fraction of sp³-hybridized carbons (Fsp3) is 0.150. The summed E-state index contributed by atoms with van der Waals surface area (Å²) in [6.45, 7) is 4.45. The number of hydrogen-bond acceptors (Lipinski definition) is 3. The monoisotopic (exact) mass is 328 g/mol. The third kappa shape index (κ3) is 2.39. The van der Waals surface area contributed by atoms with E-state index in [2.05, 4.69) is 23.8 Å². The first-order valence-electron chi connectivity index (χ1n) is 7.99. The average molecular weight is 328 g/mol. The van der Waals surface area contributed by atoms with Crippen molar-refractivity contribution in [3.8, 4) is 17.2 Å². The minimum Gasteiger partial charge on any atom is -0.329 e. The van der Waals surface area contributed by atoms with Crippen molar-refractivity contribution in [1.29, 1.82) is 5.26 Å². The molecule has 0 N–H and O–H groups in total. The Bertz CT molecular complexity index is 1070. The highest BCUT2D eigenvalue weighted by Crippen LogP contribution is 2.34. The molecule has 4 rings (SSSR count). The Morgan fingerprint density at radius 2 is 2.12 bits per heavy atom. The molecule has 2 aromatic carbocycles. The van der Waals surface area contributed by atoms with Gasteiger partial charge in [-0.3, -0.25) is 9.48 Å². The summed E-state index contributed by atoms with van der Waals surface area (Å²) in [5.74, 6) is -0.0456. The Balaban J connectivity index is 1.77. The van der Waals surface area contributed by atoms with Gasteiger partial charge in [0.05, 0.1) is 24.3 Å². The summed E-state index contributed by atoms with van der Waals surface area (Å²) in [5.41, 5.74) is 5.27. The molecule has 0 fully saturated rings. The third-order valence-corrected chi connectivity index (χ3v) is 4.64. The van der Waals surface area contributed by atoms with Crippen LogP contribution in [-0.2, 0) is 13.6 Å². The normalized spacial score (nSPS) is 13.1. The van der Waals surface area contributed by atoms with E-state index >= 15 is 0 Å². The summed E-state index contributed by atoms with van der Waals surface area (Å²) in [6, 6.07) is 14.0. The number of nitriles is 1. The molecule has 122 valence electrons. The maximum absolute atomic E-state index is 12.6. The van der Waals surface area contributed by atoms with Crippen LogP contribution in [-0.4, -0.2) is 27.1 Å². The van der Waals surface area contributed by atoms with Crippen LogP contribution in [0.25, 0.3) is 22.0 Å². The Morgan fingerprint density at radius 3 is 2.92 bits per heavy atom. The first-order valence-corrected chi connectivity index (χ1v) is 7.99. The van der Waals surface area contributed by atoms with E-state index in [1.807, 2.05) is 48.3 Å². The molecule has 0 radical (unpaired) electrons. The number of aromatic nitrogens is 2. The Labute approximate surface area is 145 Å². The van der Waals surface area contributed by atoms with Gasteiger partial charge in [-0.1, -0.05) is 24.8 Å². The van der Waals surface area contributed by atoms with Gasteiger partial charge >= 0.3 is 0 Å². The molecule has 5 heteroatoms. The minimum atomic E-state index is -0.0456. The van der Waals surface area contributed by atoms with Crippen LogP contribution in [0, 0.1) is 11.3 Å². The molecule has 2 heterocycles. The number of amides is 1. The predicted octanol–water partition coefficient (Wildman–Crippen LogP) is 3.28. The number of hydrogen-bond donors (Lipinski definition) is 0. The number of nitrogens with zero attached hydrogens (tertiary/aromatic N) is 4. The molecule has 1 aliphatic heterocycles. The van der Waals surface area contributed by atoms with E-state index in [9.17, 15) is 4.79 Å². The van der Waals surface area contributed by atoms with Crippen molar-refractivity contribution in [2.24, 2.45) is 7.05 Å². The second-order valence-corrected chi connectivity index (χ2v) is 6.25. The van der Waals surface area contributed by atoms with Gasteiger partial charge < -0.3 is 4.90 Å². The third-order valence-electron chi connectivity index (χ3n) is 4.64. The fourth-order valence-electron chi connectivity index (χ4n) is 3.39. The molecule has 0 bridgehead atoms. The summed E-state index contributed by atoms with van der Waals surface area (Å²) >= 11 is 0. The van der Waals surface area contributed by atoms with Crippen LogP contribution in [0.15, 0.2) is 54.7 Å². The fourth-order valence-corrected chi connectivity index (χ4v) is 3.39. The molecule has 0 spiro atoms. The van der Waals surface area contributed by atoms with E-state index in [0.717, 1.165) is 27.6 Å². The number of fused-ring (bicyclic) bond motifs is 2. The predicted molar refractivity (Wildman–Crippen MR) is 95.6 cm³/mol. The standard InChI is InChI=1S/C20H16N4O/c1-13(9-21)11-24-12-18-16(4-3-5-17(18)20(24)25)14-6-7-19-15(8-14)10-22-23(19)2/h3-8,10H,1,11-12H2,2H3. The van der Waals surface area contributed by atoms with E-state index in [-0.39, 0.29) is 12.5 Å². The van der Waals surface area contributed by atoms with Gasteiger partial charge in [-0.2, -0.15) is 10.4 Å². The Morgan fingerprint density at radius 1 is 1.32 bits per heavy atom. The molecule has 0 atom stereocenters. The van der Waals surface area contributed by atoms with Crippen LogP contribution in [0.3, 0.4) is 0 Å². The second-order valence-electron chi connectivity index (χ2n) is 6.25. The number of aryl methyl sites for hydroxylation is 1. The van der Waals surface area contributed by atoms with Gasteiger partial charge in [-0.05, 0) is 34.9 Å². The van der Waals surface area contributed by atoms with Gasteiger partial charge in [0.25, 0.3) is 5.91 Å². The zero-order valence-corrected chi connectivity index (χ0v) is 13.9. The van der Waals surface area contributed by atoms with Crippen molar-refractivity contribution >= 4 is 16.8 Å². The molecular weight excluding hydrogens is 312 g/mol. The smallest absolute Gasteiger partial charge is 0.254 e. The highest BCUT2D eigenvalue weighted by molar-refractivity contribution is 6.01. The largest absolute Gasteiger partial charge is 0.329 e. The van der Waals surface area contributed by atoms with Gasteiger partial charge in [0.1, 0.15) is 0 Å². The lowest BCUT2D eigenvalue weighted by molar-refractivity contribution is 0.0794. The van der Waals surface area contributed by atoms with Gasteiger partial charge in [0.2, 0.25) is 0 Å². The van der Waals surface area contributed by atoms with Gasteiger partial charge in [-0.15, -0.1) is 0 Å². The van der Waals surface area contributed by atoms with Crippen LogP contribution in [0.4, 0.5) is 0 Å². The van der Waals surface area contributed by atoms with E-state index in [1.54, 1.807) is 4.90 Å². The second kappa shape index (κ2) is 5.60. The van der Waals surface area contributed by atoms with Crippen LogP contribution in [0.2, 0.25) is 0 Å². The SMILES string of the molecule is C=C(C#N)CN1Cc2c(cccc2-c2ccc3c(cnn3C)c2)C1=O. The van der Waals surface area contributed by atoms with Crippen molar-refractivity contribution in [3.05, 3.63) is 65.9 Å². The molecule has 0 unspecified atom stereocenters. The molecule has 5 nitrogen and oxygen atoms in total. The maximum atomic E-state index is 12.6. The molecular formula is C20H16N4O. The zero-order chi connectivity index (χ0) is 17.6. The van der Waals surface area contributed by atoms with Gasteiger partial charge in [-0.25, -0.2) is 0 Å². The van der Waals surface area contributed by atoms with Crippen molar-refractivity contribution < 1.29 is 4.79 Å². The molecule has 3 aromatic rings. The summed E-state index contributed by atoms with van der Waals surface area (Å²) < 4.78 is 1.84. The first-order chi connectivity index (χ1) is 12.1. The molecule has 0 saturated heterocycles. The summed E-state index contributed by atoms with van der Waals surface area (Å²) in [5, 5.41) is 14.3. The molecule has 1 aliphatic rings. The molecule has 0 saturated carbocycles. The highest BCUT2D eigenvalue weighted by Gasteiger charge is 2.29. The number of carbonyl (C=O) groups excluding carboxylic acids is 1. The van der Waals surface area contributed by atoms with E-state index < -0.39 is 0 Å². The van der Waals surface area contributed by atoms with E-state index in [0.29, 0.717) is 17.7 Å². The van der Waals surface area contributed by atoms with E-state index in [4.69, 9.17) is 5.26 Å². The van der Waals surface area contributed by atoms with Crippen LogP contribution in [0.5, 0.6) is 0 Å². The summed E-state index contributed by atoms with van der Waals surface area (Å²) in [6.07, 6.45) is 1.84. The van der Waals surface area contributed by atoms with Crippen molar-refractivity contribution in [2.75, 3.05) is 6.54 Å². The summed E-state index contributed by atoms with van der Waals surface area (Å²) in [7, 11) is 1.92. The number of carbonyl (C=O) groups is 1. The topological polar surface area (TPSA) is 61.9 Å². The molecule has 25 heavy (non-hydrogen) atoms. The molecule has 0 aliphatic carbocycles. The van der Waals surface area contributed by atoms with Crippen molar-refractivity contribution in [3.63, 3.8) is 0 Å². The lowest BCUT2D eigenvalue weighted by Gasteiger charge is -2.14. The highest BCUT2D eigenvalue weighted by atomic mass is 16.2. The first kappa shape index (κ1) is 15.2. The van der Waals surface area contributed by atoms with Gasteiger partial charge in [0.15, 0.2) is 0 Å². The number of benzene rings is 2. The van der Waals surface area contributed by atoms with Crippen molar-refractivity contribution in [1.82, 2.24) is 14.7 Å². The lowest BCUT2D eigenvalue weighted by atomic mass is 9.96. The Hall–Kier alpha value is -3.39. The average Bonchev–Trinajstić information content (AvgIpc) is 3.15. The zero-order valence-electron chi connectivity index (χ0n) is 13.9. The quantitative estimate of drug-likeness (QED) is 0.693. The van der Waals surface area contributed by atoms with E-state index in [1.165, 1.54) is 0 Å².